The highest BCUT2D eigenvalue weighted by Crippen LogP contribution is 2.57. The number of carbonyl (C=O) groups is 2. The van der Waals surface area contributed by atoms with Crippen LogP contribution in [0.15, 0.2) is 36.4 Å². The molecular formula is C27H32Cl2FN3O4. The molecule has 0 saturated carbocycles. The molecule has 37 heavy (non-hydrogen) atoms. The van der Waals surface area contributed by atoms with Crippen LogP contribution in [0.2, 0.25) is 10.0 Å². The van der Waals surface area contributed by atoms with Crippen LogP contribution in [0.25, 0.3) is 0 Å². The first-order valence-corrected chi connectivity index (χ1v) is 13.0. The number of hydrogen-bond donors (Lipinski definition) is 5. The molecule has 0 bridgehead atoms. The second-order valence-corrected chi connectivity index (χ2v) is 11.9. The van der Waals surface area contributed by atoms with Gasteiger partial charge in [-0.25, -0.2) is 4.39 Å². The molecule has 7 nitrogen and oxygen atoms in total. The minimum absolute atomic E-state index is 0.106. The predicted molar refractivity (Wildman–Crippen MR) is 141 cm³/mol. The van der Waals surface area contributed by atoms with E-state index in [-0.39, 0.29) is 35.2 Å². The lowest BCUT2D eigenvalue weighted by Crippen LogP contribution is -2.49. The monoisotopic (exact) mass is 551 g/mol. The predicted octanol–water partition coefficient (Wildman–Crippen LogP) is 3.74. The van der Waals surface area contributed by atoms with E-state index in [0.717, 1.165) is 0 Å². The standard InChI is InChI=1S/C27H32Cl2FN3O4/c1-26(2,3)12-21-27(17-10-19(30)18(29)11-20(17)32-25(27)37)22(14-5-4-6-15(28)9-14)23(33-21)24(36)31-8-7-16(35)13-34/h4-6,9-11,16,21-23,33-35H,7-8,12-13H2,1-3H3,(H,31,36)(H,32,37)/t16-,21-,22+,23-,27+/m0/s1. The topological polar surface area (TPSA) is 111 Å². The van der Waals surface area contributed by atoms with Crippen LogP contribution < -0.4 is 16.0 Å². The van der Waals surface area contributed by atoms with E-state index in [4.69, 9.17) is 28.3 Å². The number of anilines is 1. The van der Waals surface area contributed by atoms with Crippen LogP contribution in [0.3, 0.4) is 0 Å². The Balaban J connectivity index is 1.89. The zero-order chi connectivity index (χ0) is 27.1. The summed E-state index contributed by atoms with van der Waals surface area (Å²) < 4.78 is 14.9. The summed E-state index contributed by atoms with van der Waals surface area (Å²) in [5, 5.41) is 28.3. The molecule has 4 rings (SSSR count). The number of fused-ring (bicyclic) bond motifs is 2. The molecule has 2 aliphatic rings. The molecule has 5 N–H and O–H groups in total. The van der Waals surface area contributed by atoms with Gasteiger partial charge in [0.25, 0.3) is 0 Å². The van der Waals surface area contributed by atoms with Crippen LogP contribution in [-0.2, 0) is 15.0 Å². The lowest BCUT2D eigenvalue weighted by atomic mass is 9.62. The van der Waals surface area contributed by atoms with E-state index in [9.17, 15) is 19.1 Å². The molecule has 1 saturated heterocycles. The summed E-state index contributed by atoms with van der Waals surface area (Å²) in [6, 6.07) is 8.30. The lowest BCUT2D eigenvalue weighted by molar-refractivity contribution is -0.124. The third kappa shape index (κ3) is 5.22. The van der Waals surface area contributed by atoms with Gasteiger partial charge < -0.3 is 26.2 Å². The molecule has 0 aromatic heterocycles. The number of nitrogens with one attached hydrogen (secondary N) is 3. The van der Waals surface area contributed by atoms with Crippen LogP contribution in [0.4, 0.5) is 10.1 Å². The van der Waals surface area contributed by atoms with Gasteiger partial charge in [0.2, 0.25) is 11.8 Å². The molecule has 2 heterocycles. The maximum Gasteiger partial charge on any atom is 0.237 e. The maximum absolute atomic E-state index is 14.9. The van der Waals surface area contributed by atoms with Crippen molar-refractivity contribution < 1.29 is 24.2 Å². The molecular weight excluding hydrogens is 520 g/mol. The average Bonchev–Trinajstić information content (AvgIpc) is 3.28. The first kappa shape index (κ1) is 27.8. The summed E-state index contributed by atoms with van der Waals surface area (Å²) in [6.07, 6.45) is -0.282. The van der Waals surface area contributed by atoms with Crippen LogP contribution in [0.1, 0.15) is 50.7 Å². The first-order valence-electron chi connectivity index (χ1n) is 12.3. The summed E-state index contributed by atoms with van der Waals surface area (Å²) >= 11 is 12.4. The van der Waals surface area contributed by atoms with Gasteiger partial charge in [0.15, 0.2) is 0 Å². The minimum atomic E-state index is -1.33. The quantitative estimate of drug-likeness (QED) is 0.360. The van der Waals surface area contributed by atoms with E-state index < -0.39 is 41.9 Å². The highest BCUT2D eigenvalue weighted by molar-refractivity contribution is 6.31. The third-order valence-electron chi connectivity index (χ3n) is 7.18. The Kier molecular flexibility index (Phi) is 7.89. The number of carbonyl (C=O) groups excluding carboxylic acids is 2. The minimum Gasteiger partial charge on any atom is -0.394 e. The fraction of sp³-hybridized carbons (Fsp3) is 0.481. The zero-order valence-corrected chi connectivity index (χ0v) is 22.5. The number of aliphatic hydroxyl groups excluding tert-OH is 2. The highest BCUT2D eigenvalue weighted by atomic mass is 35.5. The van der Waals surface area contributed by atoms with Crippen LogP contribution in [0.5, 0.6) is 0 Å². The Labute approximate surface area is 225 Å². The smallest absolute Gasteiger partial charge is 0.237 e. The van der Waals surface area contributed by atoms with Crippen molar-refractivity contribution in [2.45, 2.75) is 63.1 Å². The number of halogens is 3. The number of aliphatic hydroxyl groups is 2. The van der Waals surface area contributed by atoms with Crippen molar-refractivity contribution in [1.82, 2.24) is 10.6 Å². The molecule has 2 aromatic carbocycles. The molecule has 2 aliphatic heterocycles. The molecule has 2 aromatic rings. The van der Waals surface area contributed by atoms with Gasteiger partial charge in [0.05, 0.1) is 23.8 Å². The Morgan fingerprint density at radius 3 is 2.62 bits per heavy atom. The van der Waals surface area contributed by atoms with Gasteiger partial charge in [-0.1, -0.05) is 56.1 Å². The molecule has 1 fully saturated rings. The number of hydrogen-bond acceptors (Lipinski definition) is 5. The second-order valence-electron chi connectivity index (χ2n) is 11.0. The van der Waals surface area contributed by atoms with Gasteiger partial charge in [0.1, 0.15) is 11.2 Å². The van der Waals surface area contributed by atoms with Crippen LogP contribution in [-0.4, -0.2) is 53.4 Å². The molecule has 1 spiro atoms. The van der Waals surface area contributed by atoms with Gasteiger partial charge >= 0.3 is 0 Å². The molecule has 200 valence electrons. The average molecular weight is 552 g/mol. The van der Waals surface area contributed by atoms with E-state index in [2.05, 4.69) is 16.0 Å². The Morgan fingerprint density at radius 2 is 1.97 bits per heavy atom. The van der Waals surface area contributed by atoms with Crippen molar-refractivity contribution >= 4 is 40.7 Å². The molecule has 2 amide bonds. The summed E-state index contributed by atoms with van der Waals surface area (Å²) in [4.78, 5) is 27.6. The van der Waals surface area contributed by atoms with E-state index >= 15 is 0 Å². The first-order chi connectivity index (χ1) is 17.4. The fourth-order valence-corrected chi connectivity index (χ4v) is 6.06. The fourth-order valence-electron chi connectivity index (χ4n) is 5.70. The van der Waals surface area contributed by atoms with Crippen molar-refractivity contribution in [3.8, 4) is 0 Å². The van der Waals surface area contributed by atoms with Gasteiger partial charge in [-0.3, -0.25) is 9.59 Å². The van der Waals surface area contributed by atoms with Crippen molar-refractivity contribution in [3.63, 3.8) is 0 Å². The van der Waals surface area contributed by atoms with Crippen LogP contribution >= 0.6 is 23.2 Å². The number of rotatable bonds is 7. The zero-order valence-electron chi connectivity index (χ0n) is 20.9. The Morgan fingerprint density at radius 1 is 1.24 bits per heavy atom. The van der Waals surface area contributed by atoms with E-state index in [1.807, 2.05) is 26.8 Å². The molecule has 5 atom stereocenters. The van der Waals surface area contributed by atoms with Gasteiger partial charge in [-0.05, 0) is 53.6 Å². The Bertz CT molecular complexity index is 1200. The van der Waals surface area contributed by atoms with E-state index in [1.165, 1.54) is 12.1 Å². The summed E-state index contributed by atoms with van der Waals surface area (Å²) in [5.74, 6) is -2.10. The lowest BCUT2D eigenvalue weighted by Gasteiger charge is -2.37. The van der Waals surface area contributed by atoms with Gasteiger partial charge in [0, 0.05) is 29.2 Å². The van der Waals surface area contributed by atoms with E-state index in [0.29, 0.717) is 28.3 Å². The SMILES string of the molecule is CC(C)(C)C[C@@H]1N[C@H](C(=O)NCC[C@H](O)CO)[C@@H](c2cccc(Cl)c2)[C@]12C(=O)Nc1cc(Cl)c(F)cc12. The van der Waals surface area contributed by atoms with Crippen molar-refractivity contribution in [1.29, 1.82) is 0 Å². The van der Waals surface area contributed by atoms with Crippen molar-refractivity contribution in [2.24, 2.45) is 5.41 Å². The number of benzene rings is 2. The molecule has 0 aliphatic carbocycles. The van der Waals surface area contributed by atoms with Crippen molar-refractivity contribution in [3.05, 3.63) is 63.4 Å². The molecule has 0 radical (unpaired) electrons. The normalized spacial score (nSPS) is 25.7. The largest absolute Gasteiger partial charge is 0.394 e. The summed E-state index contributed by atoms with van der Waals surface area (Å²) in [7, 11) is 0. The molecule has 10 heteroatoms. The van der Waals surface area contributed by atoms with Gasteiger partial charge in [-0.2, -0.15) is 0 Å². The highest BCUT2D eigenvalue weighted by Gasteiger charge is 2.65. The Hall–Kier alpha value is -2.23. The van der Waals surface area contributed by atoms with Gasteiger partial charge in [-0.15, -0.1) is 0 Å². The maximum atomic E-state index is 14.9. The van der Waals surface area contributed by atoms with E-state index in [1.54, 1.807) is 18.2 Å². The second kappa shape index (κ2) is 10.5. The van der Waals surface area contributed by atoms with Crippen LogP contribution in [0, 0.1) is 11.2 Å². The number of amides is 2. The van der Waals surface area contributed by atoms with Crippen molar-refractivity contribution in [2.75, 3.05) is 18.5 Å². The summed E-state index contributed by atoms with van der Waals surface area (Å²) in [6.45, 7) is 5.83. The summed E-state index contributed by atoms with van der Waals surface area (Å²) in [5.41, 5.74) is -0.0573. The molecule has 0 unspecified atom stereocenters. The third-order valence-corrected chi connectivity index (χ3v) is 7.70.